The van der Waals surface area contributed by atoms with Gasteiger partial charge in [-0.05, 0) is 43.3 Å². The standard InChI is InChI=1S/C16H14FN3O/c1-11-2-8-14(9-3-11)18-10-15-19-16(21-20-15)12-4-6-13(17)7-5-12/h2-9,18H,10H2,1H3. The molecular formula is C16H14FN3O. The topological polar surface area (TPSA) is 51.0 Å². The van der Waals surface area contributed by atoms with Gasteiger partial charge in [0.25, 0.3) is 5.89 Å². The first kappa shape index (κ1) is 13.3. The summed E-state index contributed by atoms with van der Waals surface area (Å²) in [5, 5.41) is 7.12. The van der Waals surface area contributed by atoms with Crippen molar-refractivity contribution in [2.75, 3.05) is 5.32 Å². The van der Waals surface area contributed by atoms with Crippen LogP contribution in [0.2, 0.25) is 0 Å². The second-order valence-corrected chi connectivity index (χ2v) is 4.74. The Balaban J connectivity index is 1.67. The molecule has 2 aromatic carbocycles. The number of anilines is 1. The summed E-state index contributed by atoms with van der Waals surface area (Å²) in [4.78, 5) is 4.28. The minimum absolute atomic E-state index is 0.292. The van der Waals surface area contributed by atoms with Crippen LogP contribution in [0.3, 0.4) is 0 Å². The highest BCUT2D eigenvalue weighted by atomic mass is 19.1. The van der Waals surface area contributed by atoms with E-state index in [2.05, 4.69) is 15.5 Å². The maximum atomic E-state index is 12.9. The summed E-state index contributed by atoms with van der Waals surface area (Å²) in [6, 6.07) is 14.0. The average Bonchev–Trinajstić information content (AvgIpc) is 2.96. The van der Waals surface area contributed by atoms with Crippen LogP contribution >= 0.6 is 0 Å². The second-order valence-electron chi connectivity index (χ2n) is 4.74. The number of aromatic nitrogens is 2. The van der Waals surface area contributed by atoms with Crippen LogP contribution in [0.5, 0.6) is 0 Å². The molecule has 0 saturated heterocycles. The van der Waals surface area contributed by atoms with Crippen LogP contribution < -0.4 is 5.32 Å². The highest BCUT2D eigenvalue weighted by molar-refractivity contribution is 5.52. The SMILES string of the molecule is Cc1ccc(NCc2noc(-c3ccc(F)cc3)n2)cc1. The number of benzene rings is 2. The zero-order chi connectivity index (χ0) is 14.7. The molecule has 21 heavy (non-hydrogen) atoms. The van der Waals surface area contributed by atoms with Crippen molar-refractivity contribution in [2.45, 2.75) is 13.5 Å². The molecule has 3 rings (SSSR count). The molecule has 1 N–H and O–H groups in total. The summed E-state index contributed by atoms with van der Waals surface area (Å²) >= 11 is 0. The fraction of sp³-hybridized carbons (Fsp3) is 0.125. The van der Waals surface area contributed by atoms with E-state index in [-0.39, 0.29) is 5.82 Å². The zero-order valence-electron chi connectivity index (χ0n) is 11.5. The molecule has 5 heteroatoms. The Morgan fingerprint density at radius 3 is 2.48 bits per heavy atom. The molecule has 0 fully saturated rings. The molecule has 0 atom stereocenters. The van der Waals surface area contributed by atoms with Crippen molar-refractivity contribution >= 4 is 5.69 Å². The Hall–Kier alpha value is -2.69. The van der Waals surface area contributed by atoms with Gasteiger partial charge in [0.05, 0.1) is 6.54 Å². The number of rotatable bonds is 4. The lowest BCUT2D eigenvalue weighted by Gasteiger charge is -2.03. The molecule has 1 heterocycles. The van der Waals surface area contributed by atoms with Gasteiger partial charge in [-0.15, -0.1) is 0 Å². The van der Waals surface area contributed by atoms with Gasteiger partial charge >= 0.3 is 0 Å². The van der Waals surface area contributed by atoms with Crippen LogP contribution in [0, 0.1) is 12.7 Å². The summed E-state index contributed by atoms with van der Waals surface area (Å²) in [7, 11) is 0. The number of hydrogen-bond acceptors (Lipinski definition) is 4. The lowest BCUT2D eigenvalue weighted by Crippen LogP contribution is -2.00. The third-order valence-electron chi connectivity index (χ3n) is 3.06. The molecule has 3 aromatic rings. The van der Waals surface area contributed by atoms with Crippen molar-refractivity contribution in [1.29, 1.82) is 0 Å². The largest absolute Gasteiger partial charge is 0.378 e. The van der Waals surface area contributed by atoms with Gasteiger partial charge in [0.1, 0.15) is 5.82 Å². The zero-order valence-corrected chi connectivity index (χ0v) is 11.5. The molecule has 4 nitrogen and oxygen atoms in total. The van der Waals surface area contributed by atoms with Crippen molar-refractivity contribution in [3.8, 4) is 11.5 Å². The van der Waals surface area contributed by atoms with E-state index in [0.717, 1.165) is 5.69 Å². The van der Waals surface area contributed by atoms with Gasteiger partial charge < -0.3 is 9.84 Å². The molecule has 0 unspecified atom stereocenters. The summed E-state index contributed by atoms with van der Waals surface area (Å²) in [5.74, 6) is 0.644. The first-order chi connectivity index (χ1) is 10.2. The normalized spacial score (nSPS) is 10.6. The molecule has 0 saturated carbocycles. The quantitative estimate of drug-likeness (QED) is 0.791. The summed E-state index contributed by atoms with van der Waals surface area (Å²) in [6.45, 7) is 2.51. The molecule has 1 aromatic heterocycles. The summed E-state index contributed by atoms with van der Waals surface area (Å²) in [5.41, 5.74) is 2.90. The van der Waals surface area contributed by atoms with Crippen LogP contribution in [0.1, 0.15) is 11.4 Å². The van der Waals surface area contributed by atoms with Gasteiger partial charge in [0.2, 0.25) is 0 Å². The fourth-order valence-corrected chi connectivity index (χ4v) is 1.89. The highest BCUT2D eigenvalue weighted by Crippen LogP contribution is 2.18. The van der Waals surface area contributed by atoms with Gasteiger partial charge in [-0.25, -0.2) is 4.39 Å². The van der Waals surface area contributed by atoms with Crippen molar-refractivity contribution in [3.05, 3.63) is 65.7 Å². The number of nitrogens with zero attached hydrogens (tertiary/aromatic N) is 2. The molecule has 0 spiro atoms. The van der Waals surface area contributed by atoms with Gasteiger partial charge in [-0.3, -0.25) is 0 Å². The molecule has 0 bridgehead atoms. The smallest absolute Gasteiger partial charge is 0.257 e. The van der Waals surface area contributed by atoms with E-state index in [4.69, 9.17) is 4.52 Å². The monoisotopic (exact) mass is 283 g/mol. The van der Waals surface area contributed by atoms with Crippen LogP contribution in [0.4, 0.5) is 10.1 Å². The van der Waals surface area contributed by atoms with Crippen LogP contribution in [0.25, 0.3) is 11.5 Å². The molecule has 0 aliphatic carbocycles. The second kappa shape index (κ2) is 5.75. The minimum Gasteiger partial charge on any atom is -0.378 e. The molecule has 0 aliphatic rings. The predicted molar refractivity (Wildman–Crippen MR) is 78.2 cm³/mol. The lowest BCUT2D eigenvalue weighted by molar-refractivity contribution is 0.423. The first-order valence-corrected chi connectivity index (χ1v) is 6.60. The van der Waals surface area contributed by atoms with Gasteiger partial charge in [0.15, 0.2) is 5.82 Å². The van der Waals surface area contributed by atoms with Crippen molar-refractivity contribution in [2.24, 2.45) is 0 Å². The predicted octanol–water partition coefficient (Wildman–Crippen LogP) is 3.80. The van der Waals surface area contributed by atoms with Crippen LogP contribution in [-0.2, 0) is 6.54 Å². The maximum Gasteiger partial charge on any atom is 0.257 e. The van der Waals surface area contributed by atoms with Gasteiger partial charge in [-0.1, -0.05) is 22.9 Å². The molecule has 0 aliphatic heterocycles. The van der Waals surface area contributed by atoms with Gasteiger partial charge in [0, 0.05) is 11.3 Å². The Morgan fingerprint density at radius 1 is 1.05 bits per heavy atom. The Morgan fingerprint density at radius 2 is 1.76 bits per heavy atom. The third-order valence-corrected chi connectivity index (χ3v) is 3.06. The Bertz CT molecular complexity index is 720. The van der Waals surface area contributed by atoms with Crippen molar-refractivity contribution in [3.63, 3.8) is 0 Å². The number of nitrogens with one attached hydrogen (secondary N) is 1. The van der Waals surface area contributed by atoms with E-state index >= 15 is 0 Å². The molecule has 106 valence electrons. The van der Waals surface area contributed by atoms with Crippen LogP contribution in [-0.4, -0.2) is 10.1 Å². The highest BCUT2D eigenvalue weighted by Gasteiger charge is 2.08. The van der Waals surface area contributed by atoms with E-state index in [1.165, 1.54) is 17.7 Å². The minimum atomic E-state index is -0.292. The Labute approximate surface area is 121 Å². The lowest BCUT2D eigenvalue weighted by atomic mass is 10.2. The first-order valence-electron chi connectivity index (χ1n) is 6.60. The van der Waals surface area contributed by atoms with E-state index in [1.807, 2.05) is 31.2 Å². The van der Waals surface area contributed by atoms with E-state index < -0.39 is 0 Å². The summed E-state index contributed by atoms with van der Waals surface area (Å²) in [6.07, 6.45) is 0. The Kier molecular flexibility index (Phi) is 3.64. The van der Waals surface area contributed by atoms with E-state index in [1.54, 1.807) is 12.1 Å². The van der Waals surface area contributed by atoms with Gasteiger partial charge in [-0.2, -0.15) is 4.98 Å². The number of aryl methyl sites for hydroxylation is 1. The van der Waals surface area contributed by atoms with Crippen molar-refractivity contribution < 1.29 is 8.91 Å². The number of hydrogen-bond donors (Lipinski definition) is 1. The van der Waals surface area contributed by atoms with E-state index in [9.17, 15) is 4.39 Å². The molecule has 0 amide bonds. The third kappa shape index (κ3) is 3.25. The molecule has 0 radical (unpaired) electrons. The molecular weight excluding hydrogens is 269 g/mol. The van der Waals surface area contributed by atoms with Crippen molar-refractivity contribution in [1.82, 2.24) is 10.1 Å². The summed E-state index contributed by atoms with van der Waals surface area (Å²) < 4.78 is 18.0. The van der Waals surface area contributed by atoms with E-state index in [0.29, 0.717) is 23.8 Å². The van der Waals surface area contributed by atoms with Crippen LogP contribution in [0.15, 0.2) is 53.1 Å². The average molecular weight is 283 g/mol. The number of halogens is 1. The maximum absolute atomic E-state index is 12.9. The fourth-order valence-electron chi connectivity index (χ4n) is 1.89.